The summed E-state index contributed by atoms with van der Waals surface area (Å²) in [7, 11) is 1.68. The van der Waals surface area contributed by atoms with Gasteiger partial charge in [0.15, 0.2) is 0 Å². The second kappa shape index (κ2) is 12.1. The molecule has 0 spiro atoms. The Morgan fingerprint density at radius 2 is 1.80 bits per heavy atom. The van der Waals surface area contributed by atoms with Crippen LogP contribution in [0, 0.1) is 0 Å². The monoisotopic (exact) mass is 286 g/mol. The molecule has 0 aromatic rings. The number of rotatable bonds is 10. The summed E-state index contributed by atoms with van der Waals surface area (Å²) in [5, 5.41) is 3.23. The number of likely N-dealkylation sites (tertiary alicyclic amines) is 1. The van der Waals surface area contributed by atoms with E-state index in [9.17, 15) is 4.79 Å². The Bertz CT molecular complexity index is 241. The number of unbranched alkanes of at least 4 members (excludes halogenated alkanes) is 1. The number of ether oxygens (including phenoxy) is 2. The molecule has 1 aliphatic rings. The molecule has 118 valence electrons. The summed E-state index contributed by atoms with van der Waals surface area (Å²) in [6.45, 7) is 5.32. The second-order valence-corrected chi connectivity index (χ2v) is 5.28. The van der Waals surface area contributed by atoms with Gasteiger partial charge in [0.1, 0.15) is 0 Å². The number of carbonyl (C=O) groups is 1. The van der Waals surface area contributed by atoms with Gasteiger partial charge in [0.2, 0.25) is 5.91 Å². The molecular formula is C15H30N2O3. The summed E-state index contributed by atoms with van der Waals surface area (Å²) in [5.74, 6) is 0.253. The van der Waals surface area contributed by atoms with E-state index in [0.29, 0.717) is 19.8 Å². The van der Waals surface area contributed by atoms with Crippen molar-refractivity contribution in [3.63, 3.8) is 0 Å². The SMILES string of the molecule is COCCOCCCCNCC(=O)N1CCCCCC1. The molecule has 0 aromatic heterocycles. The molecule has 1 fully saturated rings. The Morgan fingerprint density at radius 1 is 1.05 bits per heavy atom. The van der Waals surface area contributed by atoms with Gasteiger partial charge in [-0.2, -0.15) is 0 Å². The van der Waals surface area contributed by atoms with E-state index < -0.39 is 0 Å². The van der Waals surface area contributed by atoms with E-state index in [2.05, 4.69) is 5.32 Å². The molecule has 1 N–H and O–H groups in total. The first kappa shape index (κ1) is 17.4. The Labute approximate surface area is 123 Å². The average Bonchev–Trinajstić information content (AvgIpc) is 2.74. The van der Waals surface area contributed by atoms with Crippen LogP contribution in [0.3, 0.4) is 0 Å². The van der Waals surface area contributed by atoms with E-state index in [1.165, 1.54) is 12.8 Å². The third-order valence-corrected chi connectivity index (χ3v) is 3.56. The smallest absolute Gasteiger partial charge is 0.236 e. The molecule has 5 heteroatoms. The van der Waals surface area contributed by atoms with Crippen LogP contribution >= 0.6 is 0 Å². The molecule has 0 aromatic carbocycles. The molecule has 0 unspecified atom stereocenters. The van der Waals surface area contributed by atoms with E-state index in [0.717, 1.165) is 51.9 Å². The zero-order chi connectivity index (χ0) is 14.5. The fourth-order valence-corrected chi connectivity index (χ4v) is 2.33. The Balaban J connectivity index is 1.91. The standard InChI is InChI=1S/C15H30N2O3/c1-19-12-13-20-11-7-4-8-16-14-15(18)17-9-5-2-3-6-10-17/h16H,2-14H2,1H3. The molecule has 0 radical (unpaired) electrons. The number of carbonyl (C=O) groups excluding carboxylic acids is 1. The summed E-state index contributed by atoms with van der Waals surface area (Å²) < 4.78 is 10.3. The van der Waals surface area contributed by atoms with Gasteiger partial charge in [-0.3, -0.25) is 4.79 Å². The molecule has 0 bridgehead atoms. The molecule has 20 heavy (non-hydrogen) atoms. The van der Waals surface area contributed by atoms with Crippen molar-refractivity contribution in [1.29, 1.82) is 0 Å². The van der Waals surface area contributed by atoms with Gasteiger partial charge in [-0.15, -0.1) is 0 Å². The second-order valence-electron chi connectivity index (χ2n) is 5.28. The van der Waals surface area contributed by atoms with Crippen LogP contribution in [-0.2, 0) is 14.3 Å². The highest BCUT2D eigenvalue weighted by atomic mass is 16.5. The fraction of sp³-hybridized carbons (Fsp3) is 0.933. The molecule has 0 atom stereocenters. The van der Waals surface area contributed by atoms with Gasteiger partial charge in [0.05, 0.1) is 19.8 Å². The normalized spacial score (nSPS) is 16.1. The third-order valence-electron chi connectivity index (χ3n) is 3.56. The number of nitrogens with one attached hydrogen (secondary N) is 1. The van der Waals surface area contributed by atoms with E-state index in [4.69, 9.17) is 9.47 Å². The molecule has 1 aliphatic heterocycles. The minimum Gasteiger partial charge on any atom is -0.382 e. The Hall–Kier alpha value is -0.650. The molecule has 5 nitrogen and oxygen atoms in total. The number of hydrogen-bond donors (Lipinski definition) is 1. The highest BCUT2D eigenvalue weighted by Gasteiger charge is 2.14. The topological polar surface area (TPSA) is 50.8 Å². The van der Waals surface area contributed by atoms with Gasteiger partial charge in [-0.05, 0) is 32.2 Å². The van der Waals surface area contributed by atoms with Gasteiger partial charge < -0.3 is 19.7 Å². The minimum atomic E-state index is 0.253. The molecule has 1 rings (SSSR count). The van der Waals surface area contributed by atoms with Gasteiger partial charge in [0, 0.05) is 26.8 Å². The first-order chi connectivity index (χ1) is 9.84. The predicted octanol–water partition coefficient (Wildman–Crippen LogP) is 1.42. The number of hydrogen-bond acceptors (Lipinski definition) is 4. The summed E-state index contributed by atoms with van der Waals surface area (Å²) >= 11 is 0. The lowest BCUT2D eigenvalue weighted by Crippen LogP contribution is -2.39. The molecule has 1 amide bonds. The minimum absolute atomic E-state index is 0.253. The maximum Gasteiger partial charge on any atom is 0.236 e. The maximum atomic E-state index is 12.0. The van der Waals surface area contributed by atoms with Crippen molar-refractivity contribution in [3.05, 3.63) is 0 Å². The number of nitrogens with zero attached hydrogens (tertiary/aromatic N) is 1. The van der Waals surface area contributed by atoms with Crippen LogP contribution in [0.1, 0.15) is 38.5 Å². The Morgan fingerprint density at radius 3 is 2.50 bits per heavy atom. The van der Waals surface area contributed by atoms with E-state index in [1.807, 2.05) is 4.90 Å². The predicted molar refractivity (Wildman–Crippen MR) is 79.8 cm³/mol. The molecule has 0 saturated carbocycles. The van der Waals surface area contributed by atoms with Gasteiger partial charge in [0.25, 0.3) is 0 Å². The van der Waals surface area contributed by atoms with E-state index >= 15 is 0 Å². The van der Waals surface area contributed by atoms with Crippen molar-refractivity contribution in [2.75, 3.05) is 53.1 Å². The lowest BCUT2D eigenvalue weighted by molar-refractivity contribution is -0.130. The van der Waals surface area contributed by atoms with E-state index in [-0.39, 0.29) is 5.91 Å². The summed E-state index contributed by atoms with van der Waals surface area (Å²) in [4.78, 5) is 14.0. The van der Waals surface area contributed by atoms with Gasteiger partial charge in [-0.25, -0.2) is 0 Å². The van der Waals surface area contributed by atoms with Crippen LogP contribution in [0.25, 0.3) is 0 Å². The summed E-state index contributed by atoms with van der Waals surface area (Å²) in [6.07, 6.45) is 6.91. The Kier molecular flexibility index (Phi) is 10.5. The van der Waals surface area contributed by atoms with Crippen molar-refractivity contribution in [3.8, 4) is 0 Å². The number of methoxy groups -OCH3 is 1. The highest BCUT2D eigenvalue weighted by molar-refractivity contribution is 5.78. The first-order valence-corrected chi connectivity index (χ1v) is 7.90. The molecule has 1 heterocycles. The van der Waals surface area contributed by atoms with Crippen LogP contribution in [-0.4, -0.2) is 63.9 Å². The molecule has 0 aliphatic carbocycles. The van der Waals surface area contributed by atoms with Crippen molar-refractivity contribution < 1.29 is 14.3 Å². The van der Waals surface area contributed by atoms with Crippen LogP contribution < -0.4 is 5.32 Å². The lowest BCUT2D eigenvalue weighted by atomic mass is 10.2. The average molecular weight is 286 g/mol. The van der Waals surface area contributed by atoms with Crippen molar-refractivity contribution >= 4 is 5.91 Å². The van der Waals surface area contributed by atoms with Crippen molar-refractivity contribution in [1.82, 2.24) is 10.2 Å². The fourth-order valence-electron chi connectivity index (χ4n) is 2.33. The molecule has 1 saturated heterocycles. The number of amides is 1. The first-order valence-electron chi connectivity index (χ1n) is 7.90. The molecular weight excluding hydrogens is 256 g/mol. The quantitative estimate of drug-likeness (QED) is 0.617. The summed E-state index contributed by atoms with van der Waals surface area (Å²) in [6, 6.07) is 0. The lowest BCUT2D eigenvalue weighted by Gasteiger charge is -2.20. The van der Waals surface area contributed by atoms with Gasteiger partial charge >= 0.3 is 0 Å². The zero-order valence-electron chi connectivity index (χ0n) is 12.9. The van der Waals surface area contributed by atoms with Gasteiger partial charge in [-0.1, -0.05) is 12.8 Å². The largest absolute Gasteiger partial charge is 0.382 e. The van der Waals surface area contributed by atoms with Crippen molar-refractivity contribution in [2.24, 2.45) is 0 Å². The zero-order valence-corrected chi connectivity index (χ0v) is 12.9. The maximum absolute atomic E-state index is 12.0. The highest BCUT2D eigenvalue weighted by Crippen LogP contribution is 2.09. The van der Waals surface area contributed by atoms with Crippen LogP contribution in [0.2, 0.25) is 0 Å². The summed E-state index contributed by atoms with van der Waals surface area (Å²) in [5.41, 5.74) is 0. The van der Waals surface area contributed by atoms with Crippen LogP contribution in [0.4, 0.5) is 0 Å². The third kappa shape index (κ3) is 8.51. The van der Waals surface area contributed by atoms with Crippen LogP contribution in [0.5, 0.6) is 0 Å². The van der Waals surface area contributed by atoms with Crippen LogP contribution in [0.15, 0.2) is 0 Å². The van der Waals surface area contributed by atoms with Crippen molar-refractivity contribution in [2.45, 2.75) is 38.5 Å². The van der Waals surface area contributed by atoms with E-state index in [1.54, 1.807) is 7.11 Å².